The molecular weight excluding hydrogens is 206 g/mol. The zero-order valence-corrected chi connectivity index (χ0v) is 10.1. The Bertz CT molecular complexity index is 269. The number of likely N-dealkylation sites (tertiary alicyclic amines) is 1. The normalized spacial score (nSPS) is 39.3. The average molecular weight is 227 g/mol. The van der Waals surface area contributed by atoms with E-state index >= 15 is 0 Å². The monoisotopic (exact) mass is 227 g/mol. The van der Waals surface area contributed by atoms with Crippen molar-refractivity contribution in [1.29, 1.82) is 0 Å². The summed E-state index contributed by atoms with van der Waals surface area (Å²) in [4.78, 5) is 14.1. The molecule has 0 aromatic carbocycles. The molecule has 0 aliphatic carbocycles. The van der Waals surface area contributed by atoms with Gasteiger partial charge in [-0.15, -0.1) is 0 Å². The van der Waals surface area contributed by atoms with Gasteiger partial charge in [-0.1, -0.05) is 6.92 Å². The van der Waals surface area contributed by atoms with Gasteiger partial charge in [0.25, 0.3) is 0 Å². The van der Waals surface area contributed by atoms with E-state index in [1.165, 1.54) is 0 Å². The van der Waals surface area contributed by atoms with Crippen molar-refractivity contribution in [1.82, 2.24) is 4.90 Å². The smallest absolute Gasteiger partial charge is 0.228 e. The molecule has 0 aromatic rings. The van der Waals surface area contributed by atoms with Gasteiger partial charge in [0.05, 0.1) is 31.3 Å². The van der Waals surface area contributed by atoms with Crippen molar-refractivity contribution in [3.05, 3.63) is 0 Å². The van der Waals surface area contributed by atoms with Crippen molar-refractivity contribution in [2.75, 3.05) is 19.8 Å². The predicted octanol–water partition coefficient (Wildman–Crippen LogP) is 0.641. The molecule has 2 heterocycles. The van der Waals surface area contributed by atoms with Gasteiger partial charge in [-0.25, -0.2) is 0 Å². The third-order valence-corrected chi connectivity index (χ3v) is 3.90. The fourth-order valence-corrected chi connectivity index (χ4v) is 2.78. The first-order valence-corrected chi connectivity index (χ1v) is 6.16. The topological polar surface area (TPSA) is 49.8 Å². The molecular formula is C12H21NO3. The van der Waals surface area contributed by atoms with E-state index in [1.807, 2.05) is 11.8 Å². The van der Waals surface area contributed by atoms with Crippen LogP contribution >= 0.6 is 0 Å². The maximum absolute atomic E-state index is 12.2. The van der Waals surface area contributed by atoms with Crippen LogP contribution in [-0.4, -0.2) is 47.8 Å². The molecule has 4 atom stereocenters. The lowest BCUT2D eigenvalue weighted by Crippen LogP contribution is -2.43. The number of carbonyl (C=O) groups excluding carboxylic acids is 1. The van der Waals surface area contributed by atoms with Crippen LogP contribution in [0.25, 0.3) is 0 Å². The lowest BCUT2D eigenvalue weighted by Gasteiger charge is -2.27. The standard InChI is InChI=1S/C12H21NO3/c1-8-3-4-13(11(8)6-14)12(15)10-5-9(2)16-7-10/h8-11,14H,3-7H2,1-2H3. The van der Waals surface area contributed by atoms with E-state index in [4.69, 9.17) is 4.74 Å². The van der Waals surface area contributed by atoms with Gasteiger partial charge < -0.3 is 14.7 Å². The van der Waals surface area contributed by atoms with Crippen LogP contribution in [0, 0.1) is 11.8 Å². The maximum Gasteiger partial charge on any atom is 0.228 e. The van der Waals surface area contributed by atoms with Crippen molar-refractivity contribution < 1.29 is 14.6 Å². The van der Waals surface area contributed by atoms with E-state index in [9.17, 15) is 9.90 Å². The first-order chi connectivity index (χ1) is 7.63. The third kappa shape index (κ3) is 2.09. The van der Waals surface area contributed by atoms with E-state index in [1.54, 1.807) is 0 Å². The molecule has 2 aliphatic rings. The Hall–Kier alpha value is -0.610. The Labute approximate surface area is 96.6 Å². The van der Waals surface area contributed by atoms with Gasteiger partial charge in [-0.2, -0.15) is 0 Å². The van der Waals surface area contributed by atoms with Crippen LogP contribution in [0.1, 0.15) is 26.7 Å². The Morgan fingerprint density at radius 3 is 2.81 bits per heavy atom. The number of aliphatic hydroxyl groups is 1. The molecule has 92 valence electrons. The second-order valence-electron chi connectivity index (χ2n) is 5.12. The summed E-state index contributed by atoms with van der Waals surface area (Å²) < 4.78 is 5.43. The Kier molecular flexibility index (Phi) is 3.50. The first-order valence-electron chi connectivity index (χ1n) is 6.16. The molecule has 0 radical (unpaired) electrons. The molecule has 4 nitrogen and oxygen atoms in total. The number of carbonyl (C=O) groups is 1. The molecule has 2 aliphatic heterocycles. The predicted molar refractivity (Wildman–Crippen MR) is 59.9 cm³/mol. The van der Waals surface area contributed by atoms with E-state index in [0.717, 1.165) is 19.4 Å². The van der Waals surface area contributed by atoms with E-state index < -0.39 is 0 Å². The van der Waals surface area contributed by atoms with Crippen molar-refractivity contribution >= 4 is 5.91 Å². The third-order valence-electron chi connectivity index (χ3n) is 3.90. The molecule has 2 fully saturated rings. The Morgan fingerprint density at radius 1 is 1.50 bits per heavy atom. The van der Waals surface area contributed by atoms with Gasteiger partial charge in [0.15, 0.2) is 0 Å². The summed E-state index contributed by atoms with van der Waals surface area (Å²) in [6.45, 7) is 5.51. The molecule has 1 amide bonds. The van der Waals surface area contributed by atoms with E-state index in [-0.39, 0.29) is 30.6 Å². The number of hydrogen-bond donors (Lipinski definition) is 1. The Morgan fingerprint density at radius 2 is 2.25 bits per heavy atom. The van der Waals surface area contributed by atoms with Gasteiger partial charge in [0.2, 0.25) is 5.91 Å². The van der Waals surface area contributed by atoms with Gasteiger partial charge in [0, 0.05) is 6.54 Å². The highest BCUT2D eigenvalue weighted by Gasteiger charge is 2.39. The summed E-state index contributed by atoms with van der Waals surface area (Å²) in [5.41, 5.74) is 0. The second kappa shape index (κ2) is 4.72. The minimum atomic E-state index is 0.00866. The van der Waals surface area contributed by atoms with Crippen molar-refractivity contribution in [2.45, 2.75) is 38.8 Å². The minimum absolute atomic E-state index is 0.00866. The highest BCUT2D eigenvalue weighted by molar-refractivity contribution is 5.80. The van der Waals surface area contributed by atoms with Crippen LogP contribution in [0.15, 0.2) is 0 Å². The number of ether oxygens (including phenoxy) is 1. The zero-order valence-electron chi connectivity index (χ0n) is 10.1. The SMILES string of the molecule is CC1CC(C(=O)N2CCC(C)C2CO)CO1. The fourth-order valence-electron chi connectivity index (χ4n) is 2.78. The summed E-state index contributed by atoms with van der Waals surface area (Å²) >= 11 is 0. The minimum Gasteiger partial charge on any atom is -0.394 e. The quantitative estimate of drug-likeness (QED) is 0.753. The van der Waals surface area contributed by atoms with E-state index in [2.05, 4.69) is 6.92 Å². The van der Waals surface area contributed by atoms with Gasteiger partial charge in [-0.05, 0) is 25.7 Å². The van der Waals surface area contributed by atoms with Crippen molar-refractivity contribution in [3.8, 4) is 0 Å². The largest absolute Gasteiger partial charge is 0.394 e. The van der Waals surface area contributed by atoms with Gasteiger partial charge >= 0.3 is 0 Å². The van der Waals surface area contributed by atoms with Crippen molar-refractivity contribution in [3.63, 3.8) is 0 Å². The highest BCUT2D eigenvalue weighted by atomic mass is 16.5. The van der Waals surface area contributed by atoms with Crippen LogP contribution in [0.2, 0.25) is 0 Å². The molecule has 4 unspecified atom stereocenters. The van der Waals surface area contributed by atoms with Crippen LogP contribution in [0.4, 0.5) is 0 Å². The highest BCUT2D eigenvalue weighted by Crippen LogP contribution is 2.28. The molecule has 16 heavy (non-hydrogen) atoms. The molecule has 0 bridgehead atoms. The summed E-state index contributed by atoms with van der Waals surface area (Å²) in [6, 6.07) is 0.0170. The molecule has 0 saturated carbocycles. The second-order valence-corrected chi connectivity index (χ2v) is 5.12. The summed E-state index contributed by atoms with van der Waals surface area (Å²) in [7, 11) is 0. The van der Waals surface area contributed by atoms with Gasteiger partial charge in [-0.3, -0.25) is 4.79 Å². The lowest BCUT2D eigenvalue weighted by atomic mass is 10.0. The zero-order chi connectivity index (χ0) is 11.7. The summed E-state index contributed by atoms with van der Waals surface area (Å²) in [6.07, 6.45) is 2.02. The number of nitrogens with zero attached hydrogens (tertiary/aromatic N) is 1. The van der Waals surface area contributed by atoms with Crippen LogP contribution < -0.4 is 0 Å². The molecule has 0 aromatic heterocycles. The van der Waals surface area contributed by atoms with Crippen LogP contribution in [0.3, 0.4) is 0 Å². The molecule has 2 rings (SSSR count). The van der Waals surface area contributed by atoms with Crippen LogP contribution in [0.5, 0.6) is 0 Å². The summed E-state index contributed by atoms with van der Waals surface area (Å²) in [5, 5.41) is 9.33. The maximum atomic E-state index is 12.2. The number of amides is 1. The summed E-state index contributed by atoms with van der Waals surface area (Å²) in [5.74, 6) is 0.593. The van der Waals surface area contributed by atoms with Gasteiger partial charge in [0.1, 0.15) is 0 Å². The number of aliphatic hydroxyl groups excluding tert-OH is 1. The van der Waals surface area contributed by atoms with Crippen molar-refractivity contribution in [2.24, 2.45) is 11.8 Å². The molecule has 4 heteroatoms. The first kappa shape index (κ1) is 11.9. The fraction of sp³-hybridized carbons (Fsp3) is 0.917. The number of rotatable bonds is 2. The average Bonchev–Trinajstić information content (AvgIpc) is 2.83. The lowest BCUT2D eigenvalue weighted by molar-refractivity contribution is -0.137. The number of hydrogen-bond acceptors (Lipinski definition) is 3. The molecule has 0 spiro atoms. The van der Waals surface area contributed by atoms with Crippen LogP contribution in [-0.2, 0) is 9.53 Å². The Balaban J connectivity index is 1.99. The molecule has 1 N–H and O–H groups in total. The molecule has 2 saturated heterocycles. The van der Waals surface area contributed by atoms with E-state index in [0.29, 0.717) is 12.5 Å².